The van der Waals surface area contributed by atoms with Gasteiger partial charge in [0.15, 0.2) is 0 Å². The molecular weight excluding hydrogens is 464 g/mol. The highest BCUT2D eigenvalue weighted by molar-refractivity contribution is 6.30. The molecule has 0 saturated heterocycles. The first-order chi connectivity index (χ1) is 16.7. The molecule has 3 amide bonds. The normalized spacial score (nSPS) is 11.6. The zero-order valence-corrected chi connectivity index (χ0v) is 20.8. The predicted octanol–water partition coefficient (Wildman–Crippen LogP) is 5.06. The van der Waals surface area contributed by atoms with E-state index >= 15 is 0 Å². The van der Waals surface area contributed by atoms with Gasteiger partial charge in [-0.05, 0) is 62.7 Å². The Morgan fingerprint density at radius 1 is 0.943 bits per heavy atom. The summed E-state index contributed by atoms with van der Waals surface area (Å²) in [6.07, 6.45) is 1.42. The minimum absolute atomic E-state index is 0.0586. The van der Waals surface area contributed by atoms with Crippen molar-refractivity contribution in [2.75, 3.05) is 10.2 Å². The van der Waals surface area contributed by atoms with Crippen molar-refractivity contribution in [3.63, 3.8) is 0 Å². The molecule has 0 aliphatic rings. The van der Waals surface area contributed by atoms with Crippen molar-refractivity contribution in [1.29, 1.82) is 0 Å². The SMILES string of the molecule is Cc1ccc(N(C(=O)CCC(=O)Nc2ccccn2)[C@@H](C(=O)NC(C)C)c2ccc(Cl)cc2)cc1. The molecule has 0 saturated carbocycles. The van der Waals surface area contributed by atoms with E-state index in [1.807, 2.05) is 32.9 Å². The smallest absolute Gasteiger partial charge is 0.248 e. The highest BCUT2D eigenvalue weighted by Crippen LogP contribution is 2.30. The lowest BCUT2D eigenvalue weighted by Crippen LogP contribution is -2.46. The highest BCUT2D eigenvalue weighted by Gasteiger charge is 2.33. The molecule has 182 valence electrons. The summed E-state index contributed by atoms with van der Waals surface area (Å²) >= 11 is 6.08. The Morgan fingerprint density at radius 3 is 2.23 bits per heavy atom. The lowest BCUT2D eigenvalue weighted by atomic mass is 10.0. The van der Waals surface area contributed by atoms with E-state index in [1.165, 1.54) is 4.90 Å². The molecule has 7 nitrogen and oxygen atoms in total. The van der Waals surface area contributed by atoms with E-state index < -0.39 is 6.04 Å². The van der Waals surface area contributed by atoms with Crippen molar-refractivity contribution >= 4 is 40.8 Å². The van der Waals surface area contributed by atoms with E-state index in [2.05, 4.69) is 15.6 Å². The molecular formula is C27H29ClN4O3. The Kier molecular flexibility index (Phi) is 8.98. The van der Waals surface area contributed by atoms with Crippen LogP contribution in [0.4, 0.5) is 11.5 Å². The molecule has 35 heavy (non-hydrogen) atoms. The number of aryl methyl sites for hydroxylation is 1. The largest absolute Gasteiger partial charge is 0.352 e. The second-order valence-electron chi connectivity index (χ2n) is 8.48. The van der Waals surface area contributed by atoms with Crippen LogP contribution in [-0.2, 0) is 14.4 Å². The number of hydrogen-bond donors (Lipinski definition) is 2. The number of nitrogens with zero attached hydrogens (tertiary/aromatic N) is 2. The molecule has 8 heteroatoms. The first-order valence-corrected chi connectivity index (χ1v) is 11.8. The van der Waals surface area contributed by atoms with Crippen molar-refractivity contribution in [3.8, 4) is 0 Å². The summed E-state index contributed by atoms with van der Waals surface area (Å²) in [4.78, 5) is 44.9. The molecule has 3 aromatic rings. The summed E-state index contributed by atoms with van der Waals surface area (Å²) in [7, 11) is 0. The maximum absolute atomic E-state index is 13.6. The minimum atomic E-state index is -0.941. The summed E-state index contributed by atoms with van der Waals surface area (Å²) in [5, 5.41) is 6.13. The fraction of sp³-hybridized carbons (Fsp3) is 0.259. The first kappa shape index (κ1) is 25.9. The minimum Gasteiger partial charge on any atom is -0.352 e. The number of benzene rings is 2. The number of carbonyl (C=O) groups excluding carboxylic acids is 3. The molecule has 0 fully saturated rings. The van der Waals surface area contributed by atoms with Gasteiger partial charge in [-0.2, -0.15) is 0 Å². The Bertz CT molecular complexity index is 1150. The van der Waals surface area contributed by atoms with Gasteiger partial charge < -0.3 is 10.6 Å². The zero-order chi connectivity index (χ0) is 25.4. The van der Waals surface area contributed by atoms with Crippen LogP contribution in [0.15, 0.2) is 72.9 Å². The van der Waals surface area contributed by atoms with Gasteiger partial charge >= 0.3 is 0 Å². The maximum Gasteiger partial charge on any atom is 0.248 e. The molecule has 0 aliphatic heterocycles. The van der Waals surface area contributed by atoms with Crippen LogP contribution in [0.25, 0.3) is 0 Å². The Hall–Kier alpha value is -3.71. The number of pyridine rings is 1. The molecule has 2 aromatic carbocycles. The summed E-state index contributed by atoms with van der Waals surface area (Å²) in [5.74, 6) is -0.607. The molecule has 1 heterocycles. The van der Waals surface area contributed by atoms with E-state index in [0.717, 1.165) is 5.56 Å². The third-order valence-corrected chi connectivity index (χ3v) is 5.45. The highest BCUT2D eigenvalue weighted by atomic mass is 35.5. The second kappa shape index (κ2) is 12.1. The molecule has 0 spiro atoms. The molecule has 0 aliphatic carbocycles. The number of aromatic nitrogens is 1. The number of rotatable bonds is 9. The van der Waals surface area contributed by atoms with E-state index in [1.54, 1.807) is 60.8 Å². The number of anilines is 2. The van der Waals surface area contributed by atoms with Gasteiger partial charge in [-0.3, -0.25) is 19.3 Å². The van der Waals surface area contributed by atoms with Crippen LogP contribution >= 0.6 is 11.6 Å². The van der Waals surface area contributed by atoms with Crippen LogP contribution in [0.3, 0.4) is 0 Å². The maximum atomic E-state index is 13.6. The van der Waals surface area contributed by atoms with E-state index in [-0.39, 0.29) is 36.6 Å². The molecule has 0 bridgehead atoms. The van der Waals surface area contributed by atoms with Crippen molar-refractivity contribution in [2.45, 2.75) is 45.7 Å². The monoisotopic (exact) mass is 492 g/mol. The van der Waals surface area contributed by atoms with Gasteiger partial charge in [-0.1, -0.05) is 47.5 Å². The van der Waals surface area contributed by atoms with Crippen LogP contribution in [0.5, 0.6) is 0 Å². The average Bonchev–Trinajstić information content (AvgIpc) is 2.82. The lowest BCUT2D eigenvalue weighted by molar-refractivity contribution is -0.127. The van der Waals surface area contributed by atoms with Gasteiger partial charge in [-0.15, -0.1) is 0 Å². The number of amides is 3. The van der Waals surface area contributed by atoms with Crippen molar-refractivity contribution in [2.24, 2.45) is 0 Å². The van der Waals surface area contributed by atoms with Crippen molar-refractivity contribution in [1.82, 2.24) is 10.3 Å². The van der Waals surface area contributed by atoms with Crippen LogP contribution < -0.4 is 15.5 Å². The molecule has 1 aromatic heterocycles. The summed E-state index contributed by atoms with van der Waals surface area (Å²) in [5.41, 5.74) is 2.19. The molecule has 3 rings (SSSR count). The van der Waals surface area contributed by atoms with Crippen LogP contribution in [0, 0.1) is 6.92 Å². The summed E-state index contributed by atoms with van der Waals surface area (Å²) in [6, 6.07) is 18.3. The van der Waals surface area contributed by atoms with E-state index in [0.29, 0.717) is 22.1 Å². The van der Waals surface area contributed by atoms with Gasteiger partial charge in [-0.25, -0.2) is 4.98 Å². The van der Waals surface area contributed by atoms with Crippen molar-refractivity contribution in [3.05, 3.63) is 89.1 Å². The quantitative estimate of drug-likeness (QED) is 0.436. The first-order valence-electron chi connectivity index (χ1n) is 11.4. The standard InChI is InChI=1S/C27H29ClN4O3/c1-18(2)30-27(35)26(20-9-11-21(28)12-10-20)32(22-13-7-19(3)8-14-22)25(34)16-15-24(33)31-23-6-4-5-17-29-23/h4-14,17-18,26H,15-16H2,1-3H3,(H,30,35)(H,29,31,33)/t26-/m1/s1. The molecule has 0 unspecified atom stereocenters. The summed E-state index contributed by atoms with van der Waals surface area (Å²) < 4.78 is 0. The average molecular weight is 493 g/mol. The Labute approximate surface area is 210 Å². The molecule has 0 radical (unpaired) electrons. The fourth-order valence-corrected chi connectivity index (χ4v) is 3.68. The van der Waals surface area contributed by atoms with Gasteiger partial charge in [0.2, 0.25) is 17.7 Å². The molecule has 2 N–H and O–H groups in total. The predicted molar refractivity (Wildman–Crippen MR) is 138 cm³/mol. The van der Waals surface area contributed by atoms with Gasteiger partial charge in [0.25, 0.3) is 0 Å². The lowest BCUT2D eigenvalue weighted by Gasteiger charge is -2.32. The third kappa shape index (κ3) is 7.39. The van der Waals surface area contributed by atoms with Gasteiger partial charge in [0.05, 0.1) is 0 Å². The topological polar surface area (TPSA) is 91.4 Å². The van der Waals surface area contributed by atoms with Crippen LogP contribution in [-0.4, -0.2) is 28.7 Å². The van der Waals surface area contributed by atoms with Crippen molar-refractivity contribution < 1.29 is 14.4 Å². The molecule has 1 atom stereocenters. The van der Waals surface area contributed by atoms with Gasteiger partial charge in [0.1, 0.15) is 11.9 Å². The number of carbonyl (C=O) groups is 3. The number of halogens is 1. The van der Waals surface area contributed by atoms with E-state index in [4.69, 9.17) is 11.6 Å². The number of hydrogen-bond acceptors (Lipinski definition) is 4. The van der Waals surface area contributed by atoms with Gasteiger partial charge in [0, 0.05) is 35.8 Å². The fourth-order valence-electron chi connectivity index (χ4n) is 3.55. The third-order valence-electron chi connectivity index (χ3n) is 5.20. The zero-order valence-electron chi connectivity index (χ0n) is 20.0. The Balaban J connectivity index is 1.92. The van der Waals surface area contributed by atoms with Crippen LogP contribution in [0.2, 0.25) is 5.02 Å². The second-order valence-corrected chi connectivity index (χ2v) is 8.92. The van der Waals surface area contributed by atoms with E-state index in [9.17, 15) is 14.4 Å². The summed E-state index contributed by atoms with van der Waals surface area (Å²) in [6.45, 7) is 5.66. The Morgan fingerprint density at radius 2 is 1.63 bits per heavy atom. The van der Waals surface area contributed by atoms with Crippen LogP contribution in [0.1, 0.15) is 43.9 Å². The number of nitrogens with one attached hydrogen (secondary N) is 2.